The van der Waals surface area contributed by atoms with Gasteiger partial charge in [-0.2, -0.15) is 0 Å². The quantitative estimate of drug-likeness (QED) is 0.0286. The number of carbonyl (C=O) groups excluding carboxylic acids is 2. The highest BCUT2D eigenvalue weighted by Gasteiger charge is 2.31. The van der Waals surface area contributed by atoms with E-state index in [-0.39, 0.29) is 36.2 Å². The highest BCUT2D eigenvalue weighted by atomic mass is 16.6. The van der Waals surface area contributed by atoms with Crippen molar-refractivity contribution in [3.05, 3.63) is 12.2 Å². The SMILES string of the molecule is CCCCCC/C=C/CCCCCCCCCC(=O)OC(COCCC(C(=O)O)[N+](C)(C)C)COC(=O)CCCCCCCCCCCCCCCCC. The third-order valence-corrected chi connectivity index (χ3v) is 10.4. The summed E-state index contributed by atoms with van der Waals surface area (Å²) in [5.74, 6) is -1.46. The molecule has 2 atom stereocenters. The standard InChI is InChI=1S/C46H87NO7/c1-6-8-10-12-14-16-18-20-22-24-26-28-30-32-34-36-44(48)53-41-42(40-52-39-38-43(46(50)51)47(3,4)5)54-45(49)37-35-33-31-29-27-25-23-21-19-17-15-13-11-9-7-2/h17,19,42-43H,6-16,18,20-41H2,1-5H3/p+1/b19-17+. The molecule has 0 rings (SSSR count). The molecule has 318 valence electrons. The number of quaternary nitrogens is 1. The van der Waals surface area contributed by atoms with Gasteiger partial charge in [0, 0.05) is 19.3 Å². The number of carboxylic acids is 1. The van der Waals surface area contributed by atoms with Crippen molar-refractivity contribution in [2.75, 3.05) is 41.0 Å². The fraction of sp³-hybridized carbons (Fsp3) is 0.891. The summed E-state index contributed by atoms with van der Waals surface area (Å²) < 4.78 is 17.3. The number of ether oxygens (including phenoxy) is 3. The summed E-state index contributed by atoms with van der Waals surface area (Å²) in [4.78, 5) is 37.0. The Labute approximate surface area is 333 Å². The number of carbonyl (C=O) groups is 3. The molecular formula is C46H88NO7+. The Bertz CT molecular complexity index is 900. The first kappa shape index (κ1) is 52.1. The zero-order valence-corrected chi connectivity index (χ0v) is 36.2. The lowest BCUT2D eigenvalue weighted by molar-refractivity contribution is -0.887. The Morgan fingerprint density at radius 3 is 1.35 bits per heavy atom. The molecule has 2 unspecified atom stereocenters. The normalized spacial score (nSPS) is 13.0. The number of hydrogen-bond acceptors (Lipinski definition) is 6. The zero-order valence-electron chi connectivity index (χ0n) is 36.2. The van der Waals surface area contributed by atoms with Gasteiger partial charge in [0.1, 0.15) is 6.61 Å². The van der Waals surface area contributed by atoms with Gasteiger partial charge in [-0.15, -0.1) is 0 Å². The number of unbranched alkanes of at least 4 members (excludes halogenated alkanes) is 25. The first-order valence-electron chi connectivity index (χ1n) is 22.7. The average Bonchev–Trinajstić information content (AvgIpc) is 3.12. The molecule has 0 amide bonds. The number of likely N-dealkylation sites (N-methyl/N-ethyl adjacent to an activating group) is 1. The fourth-order valence-electron chi connectivity index (χ4n) is 6.85. The average molecular weight is 767 g/mol. The van der Waals surface area contributed by atoms with E-state index in [9.17, 15) is 19.5 Å². The lowest BCUT2D eigenvalue weighted by Gasteiger charge is -2.31. The summed E-state index contributed by atoms with van der Waals surface area (Å²) in [6, 6.07) is -0.610. The minimum absolute atomic E-state index is 0.0466. The molecule has 0 heterocycles. The first-order chi connectivity index (χ1) is 26.1. The first-order valence-corrected chi connectivity index (χ1v) is 22.7. The number of aliphatic carboxylic acids is 1. The smallest absolute Gasteiger partial charge is 0.362 e. The van der Waals surface area contributed by atoms with Crippen molar-refractivity contribution in [3.8, 4) is 0 Å². The number of esters is 2. The molecule has 0 bridgehead atoms. The Balaban J connectivity index is 4.31. The molecule has 0 fully saturated rings. The molecule has 0 spiro atoms. The van der Waals surface area contributed by atoms with Crippen LogP contribution in [-0.2, 0) is 28.6 Å². The van der Waals surface area contributed by atoms with Crippen LogP contribution in [0.2, 0.25) is 0 Å². The maximum absolute atomic E-state index is 12.7. The van der Waals surface area contributed by atoms with Gasteiger partial charge in [0.2, 0.25) is 0 Å². The van der Waals surface area contributed by atoms with Gasteiger partial charge in [-0.1, -0.05) is 167 Å². The van der Waals surface area contributed by atoms with Gasteiger partial charge < -0.3 is 23.8 Å². The molecule has 0 aliphatic heterocycles. The fourth-order valence-corrected chi connectivity index (χ4v) is 6.85. The predicted octanol–water partition coefficient (Wildman–Crippen LogP) is 12.3. The van der Waals surface area contributed by atoms with Crippen molar-refractivity contribution in [2.45, 2.75) is 225 Å². The summed E-state index contributed by atoms with van der Waals surface area (Å²) in [5.41, 5.74) is 0. The molecule has 1 N–H and O–H groups in total. The molecule has 8 nitrogen and oxygen atoms in total. The molecule has 8 heteroatoms. The second-order valence-electron chi connectivity index (χ2n) is 16.7. The van der Waals surface area contributed by atoms with E-state index in [1.165, 1.54) is 141 Å². The van der Waals surface area contributed by atoms with Crippen LogP contribution in [0.1, 0.15) is 213 Å². The number of nitrogens with zero attached hydrogens (tertiary/aromatic N) is 1. The summed E-state index contributed by atoms with van der Waals surface area (Å²) in [5, 5.41) is 9.62. The van der Waals surface area contributed by atoms with Crippen LogP contribution in [0.4, 0.5) is 0 Å². The summed E-state index contributed by atoms with van der Waals surface area (Å²) in [6.07, 6.45) is 39.6. The van der Waals surface area contributed by atoms with Gasteiger partial charge in [0.15, 0.2) is 12.1 Å². The summed E-state index contributed by atoms with van der Waals surface area (Å²) in [7, 11) is 5.53. The van der Waals surface area contributed by atoms with Gasteiger partial charge in [-0.3, -0.25) is 9.59 Å². The Morgan fingerprint density at radius 1 is 0.537 bits per heavy atom. The van der Waals surface area contributed by atoms with Crippen LogP contribution >= 0.6 is 0 Å². The molecule has 0 aliphatic carbocycles. The van der Waals surface area contributed by atoms with Gasteiger partial charge in [0.25, 0.3) is 0 Å². The highest BCUT2D eigenvalue weighted by Crippen LogP contribution is 2.15. The third-order valence-electron chi connectivity index (χ3n) is 10.4. The molecule has 0 aromatic carbocycles. The van der Waals surface area contributed by atoms with Crippen molar-refractivity contribution < 1.29 is 38.2 Å². The van der Waals surface area contributed by atoms with E-state index in [1.807, 2.05) is 21.1 Å². The Kier molecular flexibility index (Phi) is 36.6. The van der Waals surface area contributed by atoms with Gasteiger partial charge >= 0.3 is 17.9 Å². The van der Waals surface area contributed by atoms with Gasteiger partial charge in [0.05, 0.1) is 34.4 Å². The van der Waals surface area contributed by atoms with E-state index in [1.54, 1.807) is 0 Å². The lowest BCUT2D eigenvalue weighted by Crippen LogP contribution is -2.50. The maximum Gasteiger partial charge on any atom is 0.362 e. The number of hydrogen-bond donors (Lipinski definition) is 1. The van der Waals surface area contributed by atoms with E-state index >= 15 is 0 Å². The highest BCUT2D eigenvalue weighted by molar-refractivity contribution is 5.72. The Hall–Kier alpha value is -1.93. The van der Waals surface area contributed by atoms with Crippen LogP contribution in [0, 0.1) is 0 Å². The topological polar surface area (TPSA) is 99.1 Å². The molecule has 0 aromatic rings. The predicted molar refractivity (Wildman–Crippen MR) is 225 cm³/mol. The van der Waals surface area contributed by atoms with Crippen molar-refractivity contribution >= 4 is 17.9 Å². The monoisotopic (exact) mass is 767 g/mol. The van der Waals surface area contributed by atoms with Crippen molar-refractivity contribution in [3.63, 3.8) is 0 Å². The molecule has 0 radical (unpaired) electrons. The minimum Gasteiger partial charge on any atom is -0.477 e. The van der Waals surface area contributed by atoms with Gasteiger partial charge in [-0.25, -0.2) is 4.79 Å². The number of carboxylic acid groups (broad SMARTS) is 1. The minimum atomic E-state index is -0.873. The molecule has 54 heavy (non-hydrogen) atoms. The molecule has 0 saturated carbocycles. The van der Waals surface area contributed by atoms with E-state index in [0.717, 1.165) is 38.5 Å². The third kappa shape index (κ3) is 35.8. The molecule has 0 aromatic heterocycles. The summed E-state index contributed by atoms with van der Waals surface area (Å²) >= 11 is 0. The largest absolute Gasteiger partial charge is 0.477 e. The summed E-state index contributed by atoms with van der Waals surface area (Å²) in [6.45, 7) is 4.75. The van der Waals surface area contributed by atoms with Crippen LogP contribution in [0.25, 0.3) is 0 Å². The second kappa shape index (κ2) is 38.0. The van der Waals surface area contributed by atoms with Crippen molar-refractivity contribution in [2.24, 2.45) is 0 Å². The lowest BCUT2D eigenvalue weighted by atomic mass is 10.0. The van der Waals surface area contributed by atoms with Crippen LogP contribution in [0.5, 0.6) is 0 Å². The second-order valence-corrected chi connectivity index (χ2v) is 16.7. The van der Waals surface area contributed by atoms with E-state index in [0.29, 0.717) is 19.3 Å². The van der Waals surface area contributed by atoms with Crippen molar-refractivity contribution in [1.82, 2.24) is 0 Å². The maximum atomic E-state index is 12.7. The van der Waals surface area contributed by atoms with Crippen LogP contribution < -0.4 is 0 Å². The molecule has 0 saturated heterocycles. The van der Waals surface area contributed by atoms with Crippen LogP contribution in [-0.4, -0.2) is 80.6 Å². The Morgan fingerprint density at radius 2 is 0.926 bits per heavy atom. The van der Waals surface area contributed by atoms with E-state index in [2.05, 4.69) is 26.0 Å². The molecular weight excluding hydrogens is 679 g/mol. The van der Waals surface area contributed by atoms with Gasteiger partial charge in [-0.05, 0) is 38.5 Å². The zero-order chi connectivity index (χ0) is 40.0. The van der Waals surface area contributed by atoms with E-state index in [4.69, 9.17) is 14.2 Å². The molecule has 0 aliphatic rings. The van der Waals surface area contributed by atoms with Crippen LogP contribution in [0.3, 0.4) is 0 Å². The number of allylic oxidation sites excluding steroid dienone is 2. The van der Waals surface area contributed by atoms with Crippen LogP contribution in [0.15, 0.2) is 12.2 Å². The van der Waals surface area contributed by atoms with E-state index < -0.39 is 18.1 Å². The van der Waals surface area contributed by atoms with Crippen molar-refractivity contribution in [1.29, 1.82) is 0 Å². The number of rotatable bonds is 41.